The van der Waals surface area contributed by atoms with E-state index < -0.39 is 23.3 Å². The average Bonchev–Trinajstić information content (AvgIpc) is 2.52. The normalized spacial score (nSPS) is 17.3. The van der Waals surface area contributed by atoms with Crippen molar-refractivity contribution in [3.63, 3.8) is 0 Å². The Labute approximate surface area is 140 Å². The summed E-state index contributed by atoms with van der Waals surface area (Å²) in [5.41, 5.74) is -0.527. The summed E-state index contributed by atoms with van der Waals surface area (Å²) in [4.78, 5) is 25.3. The van der Waals surface area contributed by atoms with Crippen LogP contribution in [0, 0.1) is 23.2 Å². The lowest BCUT2D eigenvalue weighted by atomic mass is 9.66. The smallest absolute Gasteiger partial charge is 0.321 e. The van der Waals surface area contributed by atoms with Crippen LogP contribution in [0.15, 0.2) is 12.7 Å². The van der Waals surface area contributed by atoms with Crippen LogP contribution < -0.4 is 0 Å². The van der Waals surface area contributed by atoms with Gasteiger partial charge in [-0.15, -0.1) is 6.58 Å². The van der Waals surface area contributed by atoms with Crippen LogP contribution in [0.25, 0.3) is 0 Å². The van der Waals surface area contributed by atoms with Crippen molar-refractivity contribution in [2.45, 2.75) is 59.8 Å². The summed E-state index contributed by atoms with van der Waals surface area (Å²) in [5, 5.41) is 0. The number of rotatable bonds is 8. The molecule has 4 heteroatoms. The number of hydrogen-bond acceptors (Lipinski definition) is 4. The molecule has 0 aromatic rings. The van der Waals surface area contributed by atoms with Crippen LogP contribution in [0.4, 0.5) is 0 Å². The Balaban J connectivity index is 2.96. The zero-order valence-electron chi connectivity index (χ0n) is 15.1. The summed E-state index contributed by atoms with van der Waals surface area (Å²) in [6.07, 6.45) is 6.48. The third kappa shape index (κ3) is 5.67. The van der Waals surface area contributed by atoms with E-state index in [1.165, 1.54) is 0 Å². The highest BCUT2D eigenvalue weighted by molar-refractivity contribution is 5.96. The molecule has 0 aliphatic heterocycles. The second-order valence-corrected chi connectivity index (χ2v) is 7.48. The minimum Gasteiger partial charge on any atom is -0.465 e. The summed E-state index contributed by atoms with van der Waals surface area (Å²) < 4.78 is 10.8. The van der Waals surface area contributed by atoms with Gasteiger partial charge in [0.1, 0.15) is 0 Å². The van der Waals surface area contributed by atoms with E-state index in [2.05, 4.69) is 6.58 Å². The van der Waals surface area contributed by atoms with Crippen LogP contribution in [-0.4, -0.2) is 25.2 Å². The van der Waals surface area contributed by atoms with Gasteiger partial charge in [-0.3, -0.25) is 9.59 Å². The Kier molecular flexibility index (Phi) is 7.80. The number of allylic oxidation sites excluding steroid dienone is 1. The van der Waals surface area contributed by atoms with E-state index in [9.17, 15) is 9.59 Å². The molecule has 4 nitrogen and oxygen atoms in total. The molecule has 0 spiro atoms. The van der Waals surface area contributed by atoms with Crippen molar-refractivity contribution in [2.24, 2.45) is 23.2 Å². The van der Waals surface area contributed by atoms with E-state index in [0.29, 0.717) is 13.2 Å². The molecule has 1 rings (SSSR count). The second-order valence-electron chi connectivity index (χ2n) is 7.48. The van der Waals surface area contributed by atoms with Crippen molar-refractivity contribution in [1.82, 2.24) is 0 Å². The van der Waals surface area contributed by atoms with Gasteiger partial charge in [0.15, 0.2) is 5.92 Å². The summed E-state index contributed by atoms with van der Waals surface area (Å²) in [7, 11) is 0. The van der Waals surface area contributed by atoms with Gasteiger partial charge in [0.25, 0.3) is 0 Å². The van der Waals surface area contributed by atoms with Gasteiger partial charge in [-0.2, -0.15) is 0 Å². The Bertz CT molecular complexity index is 382. The minimum atomic E-state index is -0.891. The van der Waals surface area contributed by atoms with Gasteiger partial charge in [0.05, 0.1) is 13.2 Å². The van der Waals surface area contributed by atoms with Crippen LogP contribution in [-0.2, 0) is 19.1 Å². The summed E-state index contributed by atoms with van der Waals surface area (Å²) in [5.74, 6) is -1.35. The fourth-order valence-electron chi connectivity index (χ4n) is 3.05. The lowest BCUT2D eigenvalue weighted by Crippen LogP contribution is -2.43. The van der Waals surface area contributed by atoms with Crippen molar-refractivity contribution >= 4 is 11.9 Å². The Morgan fingerprint density at radius 2 is 1.39 bits per heavy atom. The van der Waals surface area contributed by atoms with Crippen molar-refractivity contribution in [1.29, 1.82) is 0 Å². The first-order valence-corrected chi connectivity index (χ1v) is 8.79. The number of esters is 2. The molecule has 23 heavy (non-hydrogen) atoms. The lowest BCUT2D eigenvalue weighted by Gasteiger charge is -2.38. The zero-order chi connectivity index (χ0) is 17.5. The highest BCUT2D eigenvalue weighted by Crippen LogP contribution is 2.45. The Hall–Kier alpha value is -1.32. The average molecular weight is 324 g/mol. The molecule has 0 atom stereocenters. The van der Waals surface area contributed by atoms with Crippen LogP contribution in [0.1, 0.15) is 59.8 Å². The first-order chi connectivity index (χ1) is 10.8. The van der Waals surface area contributed by atoms with Gasteiger partial charge in [-0.25, -0.2) is 0 Å². The molecule has 1 fully saturated rings. The van der Waals surface area contributed by atoms with Gasteiger partial charge in [-0.05, 0) is 24.7 Å². The number of hydrogen-bond donors (Lipinski definition) is 0. The first-order valence-electron chi connectivity index (χ1n) is 8.79. The SMILES string of the molecule is C=CC1(C(C(=O)OCC(C)C)C(=O)OCC(C)C)CCCCC1. The second kappa shape index (κ2) is 9.09. The lowest BCUT2D eigenvalue weighted by molar-refractivity contribution is -0.169. The number of carbonyl (C=O) groups excluding carboxylic acids is 2. The molecule has 0 aromatic carbocycles. The standard InChI is InChI=1S/C19H32O4/c1-6-19(10-8-7-9-11-19)16(17(20)22-12-14(2)3)18(21)23-13-15(4)5/h6,14-16H,1,7-13H2,2-5H3. The van der Waals surface area contributed by atoms with Gasteiger partial charge < -0.3 is 9.47 Å². The van der Waals surface area contributed by atoms with Crippen molar-refractivity contribution < 1.29 is 19.1 Å². The fraction of sp³-hybridized carbons (Fsp3) is 0.789. The van der Waals surface area contributed by atoms with Crippen LogP contribution in [0.5, 0.6) is 0 Å². The number of ether oxygens (including phenoxy) is 2. The predicted octanol–water partition coefficient (Wildman–Crippen LogP) is 4.14. The Morgan fingerprint density at radius 3 is 1.74 bits per heavy atom. The molecule has 0 unspecified atom stereocenters. The molecule has 1 aliphatic carbocycles. The third-order valence-electron chi connectivity index (χ3n) is 4.36. The summed E-state index contributed by atoms with van der Waals surface area (Å²) in [6.45, 7) is 12.5. The molecule has 1 aliphatic rings. The van der Waals surface area contributed by atoms with Gasteiger partial charge in [-0.1, -0.05) is 53.0 Å². The van der Waals surface area contributed by atoms with E-state index in [1.807, 2.05) is 27.7 Å². The highest BCUT2D eigenvalue weighted by Gasteiger charge is 2.48. The van der Waals surface area contributed by atoms with Crippen LogP contribution >= 0.6 is 0 Å². The maximum absolute atomic E-state index is 12.6. The van der Waals surface area contributed by atoms with Crippen molar-refractivity contribution in [2.75, 3.05) is 13.2 Å². The largest absolute Gasteiger partial charge is 0.465 e. The molecule has 1 saturated carbocycles. The van der Waals surface area contributed by atoms with Gasteiger partial charge >= 0.3 is 11.9 Å². The quantitative estimate of drug-likeness (QED) is 0.382. The molecule has 0 amide bonds. The van der Waals surface area contributed by atoms with Gasteiger partial charge in [0, 0.05) is 5.41 Å². The fourth-order valence-corrected chi connectivity index (χ4v) is 3.05. The van der Waals surface area contributed by atoms with E-state index in [0.717, 1.165) is 32.1 Å². The maximum Gasteiger partial charge on any atom is 0.321 e. The van der Waals surface area contributed by atoms with E-state index in [-0.39, 0.29) is 11.8 Å². The molecule has 0 aromatic heterocycles. The van der Waals surface area contributed by atoms with E-state index >= 15 is 0 Å². The number of carbonyl (C=O) groups is 2. The van der Waals surface area contributed by atoms with E-state index in [4.69, 9.17) is 9.47 Å². The van der Waals surface area contributed by atoms with E-state index in [1.54, 1.807) is 6.08 Å². The van der Waals surface area contributed by atoms with Crippen LogP contribution in [0.2, 0.25) is 0 Å². The molecule has 0 N–H and O–H groups in total. The van der Waals surface area contributed by atoms with Crippen LogP contribution in [0.3, 0.4) is 0 Å². The minimum absolute atomic E-state index is 0.234. The molecule has 0 heterocycles. The van der Waals surface area contributed by atoms with Gasteiger partial charge in [0.2, 0.25) is 0 Å². The summed E-state index contributed by atoms with van der Waals surface area (Å²) >= 11 is 0. The molecule has 132 valence electrons. The molecule has 0 bridgehead atoms. The van der Waals surface area contributed by atoms with Crippen molar-refractivity contribution in [3.8, 4) is 0 Å². The maximum atomic E-state index is 12.6. The topological polar surface area (TPSA) is 52.6 Å². The first kappa shape index (κ1) is 19.7. The van der Waals surface area contributed by atoms with Crippen molar-refractivity contribution in [3.05, 3.63) is 12.7 Å². The predicted molar refractivity (Wildman–Crippen MR) is 90.8 cm³/mol. The Morgan fingerprint density at radius 1 is 0.957 bits per heavy atom. The monoisotopic (exact) mass is 324 g/mol. The molecule has 0 radical (unpaired) electrons. The molecular weight excluding hydrogens is 292 g/mol. The molecule has 0 saturated heterocycles. The highest BCUT2D eigenvalue weighted by atomic mass is 16.6. The third-order valence-corrected chi connectivity index (χ3v) is 4.36. The zero-order valence-corrected chi connectivity index (χ0v) is 15.1. The molecular formula is C19H32O4. The summed E-state index contributed by atoms with van der Waals surface area (Å²) in [6, 6.07) is 0.